The van der Waals surface area contributed by atoms with Crippen molar-refractivity contribution in [3.63, 3.8) is 0 Å². The largest absolute Gasteiger partial charge is 0.466 e. The number of nitrogens with one attached hydrogen (secondary N) is 1. The molecule has 0 aromatic carbocycles. The van der Waals surface area contributed by atoms with Gasteiger partial charge in [-0.1, -0.05) is 307 Å². The maximum atomic E-state index is 12.5. The maximum Gasteiger partial charge on any atom is 0.305 e. The lowest BCUT2D eigenvalue weighted by molar-refractivity contribution is -0.143. The average Bonchev–Trinajstić information content (AvgIpc) is 3.38. The normalized spacial score (nSPS) is 12.8. The first kappa shape index (κ1) is 70.1. The Labute approximate surface area is 449 Å². The summed E-state index contributed by atoms with van der Waals surface area (Å²) in [7, 11) is 0. The maximum absolute atomic E-state index is 12.5. The zero-order valence-electron chi connectivity index (χ0n) is 48.4. The molecule has 1 amide bonds. The topological polar surface area (TPSA) is 95.9 Å². The molecule has 6 nitrogen and oxygen atoms in total. The predicted molar refractivity (Wildman–Crippen MR) is 315 cm³/mol. The first-order valence-electron chi connectivity index (χ1n) is 32.3. The van der Waals surface area contributed by atoms with Gasteiger partial charge in [0.15, 0.2) is 0 Å². The van der Waals surface area contributed by atoms with Gasteiger partial charge in [-0.25, -0.2) is 0 Å². The Balaban J connectivity index is 3.44. The second-order valence-electron chi connectivity index (χ2n) is 22.1. The lowest BCUT2D eigenvalue weighted by atomic mass is 10.0. The van der Waals surface area contributed by atoms with Crippen LogP contribution in [0.2, 0.25) is 0 Å². The molecular weight excluding hydrogens is 887 g/mol. The summed E-state index contributed by atoms with van der Waals surface area (Å²) in [4.78, 5) is 24.6. The van der Waals surface area contributed by atoms with E-state index in [9.17, 15) is 19.8 Å². The van der Waals surface area contributed by atoms with Crippen molar-refractivity contribution >= 4 is 11.9 Å². The monoisotopic (exact) mass is 1010 g/mol. The van der Waals surface area contributed by atoms with Crippen LogP contribution in [-0.2, 0) is 14.3 Å². The molecule has 0 aliphatic heterocycles. The van der Waals surface area contributed by atoms with E-state index in [4.69, 9.17) is 4.74 Å². The van der Waals surface area contributed by atoms with Crippen molar-refractivity contribution in [1.29, 1.82) is 0 Å². The molecular formula is C66H125NO5. The molecule has 0 aliphatic carbocycles. The summed E-state index contributed by atoms with van der Waals surface area (Å²) in [6.07, 6.45) is 77.5. The summed E-state index contributed by atoms with van der Waals surface area (Å²) in [5.74, 6) is -0.0733. The number of carbonyl (C=O) groups is 2. The highest BCUT2D eigenvalue weighted by molar-refractivity contribution is 5.76. The van der Waals surface area contributed by atoms with Crippen LogP contribution in [0.25, 0.3) is 0 Å². The minimum atomic E-state index is -0.850. The fraction of sp³-hybridized carbons (Fsp3) is 0.879. The van der Waals surface area contributed by atoms with Gasteiger partial charge < -0.3 is 20.3 Å². The number of carbonyl (C=O) groups excluding carboxylic acids is 2. The fourth-order valence-electron chi connectivity index (χ4n) is 9.96. The van der Waals surface area contributed by atoms with Crippen molar-refractivity contribution in [2.45, 2.75) is 360 Å². The molecule has 72 heavy (non-hydrogen) atoms. The van der Waals surface area contributed by atoms with Crippen LogP contribution in [0.1, 0.15) is 348 Å². The molecule has 0 aromatic heterocycles. The summed E-state index contributed by atoms with van der Waals surface area (Å²) in [6, 6.07) is -0.633. The standard InChI is InChI=1S/C66H125NO5/c1-3-5-7-9-11-13-15-17-19-21-23-24-26-30-34-38-42-46-50-54-58-64(69)63(62-68)67-65(70)59-55-51-47-43-39-35-31-27-25-29-33-37-41-45-49-53-57-61-72-66(71)60-56-52-48-44-40-36-32-28-22-20-18-16-14-12-10-8-6-4-2/h14,16,20,22,54,58,63-64,68-69H,3-13,15,17-19,21,23-53,55-57,59-62H2,1-2H3,(H,67,70)/b16-14-,22-20-,58-54+. The highest BCUT2D eigenvalue weighted by Crippen LogP contribution is 2.18. The van der Waals surface area contributed by atoms with Crippen LogP contribution in [0, 0.1) is 0 Å². The Morgan fingerprint density at radius 2 is 0.694 bits per heavy atom. The van der Waals surface area contributed by atoms with E-state index in [2.05, 4.69) is 43.5 Å². The van der Waals surface area contributed by atoms with E-state index in [-0.39, 0.29) is 18.5 Å². The number of ether oxygens (including phenoxy) is 1. The van der Waals surface area contributed by atoms with Gasteiger partial charge in [0.1, 0.15) is 0 Å². The summed E-state index contributed by atoms with van der Waals surface area (Å²) >= 11 is 0. The number of unbranched alkanes of at least 4 members (excludes halogenated alkanes) is 45. The van der Waals surface area contributed by atoms with Gasteiger partial charge in [0.2, 0.25) is 5.91 Å². The van der Waals surface area contributed by atoms with E-state index >= 15 is 0 Å². The van der Waals surface area contributed by atoms with E-state index < -0.39 is 12.1 Å². The molecule has 0 aromatic rings. The molecule has 2 atom stereocenters. The minimum absolute atomic E-state index is 0.00243. The number of esters is 1. The van der Waals surface area contributed by atoms with Crippen molar-refractivity contribution in [1.82, 2.24) is 5.32 Å². The first-order valence-corrected chi connectivity index (χ1v) is 32.3. The van der Waals surface area contributed by atoms with Crippen LogP contribution in [0.4, 0.5) is 0 Å². The molecule has 0 radical (unpaired) electrons. The van der Waals surface area contributed by atoms with Crippen molar-refractivity contribution < 1.29 is 24.5 Å². The molecule has 0 bridgehead atoms. The van der Waals surface area contributed by atoms with Gasteiger partial charge in [0.05, 0.1) is 25.4 Å². The quantitative estimate of drug-likeness (QED) is 0.0320. The number of hydrogen-bond donors (Lipinski definition) is 3. The average molecular weight is 1010 g/mol. The van der Waals surface area contributed by atoms with E-state index in [1.165, 1.54) is 270 Å². The second kappa shape index (κ2) is 61.6. The van der Waals surface area contributed by atoms with E-state index in [1.807, 2.05) is 6.08 Å². The Morgan fingerprint density at radius 3 is 1.07 bits per heavy atom. The smallest absolute Gasteiger partial charge is 0.305 e. The molecule has 0 spiro atoms. The third-order valence-electron chi connectivity index (χ3n) is 14.9. The highest BCUT2D eigenvalue weighted by atomic mass is 16.5. The lowest BCUT2D eigenvalue weighted by Crippen LogP contribution is -2.45. The van der Waals surface area contributed by atoms with Gasteiger partial charge in [-0.15, -0.1) is 0 Å². The zero-order valence-corrected chi connectivity index (χ0v) is 48.4. The van der Waals surface area contributed by atoms with Gasteiger partial charge in [0, 0.05) is 12.8 Å². The van der Waals surface area contributed by atoms with Gasteiger partial charge in [0.25, 0.3) is 0 Å². The Kier molecular flexibility index (Phi) is 60.0. The van der Waals surface area contributed by atoms with Gasteiger partial charge in [-0.2, -0.15) is 0 Å². The molecule has 2 unspecified atom stereocenters. The molecule has 0 fully saturated rings. The Morgan fingerprint density at radius 1 is 0.389 bits per heavy atom. The van der Waals surface area contributed by atoms with Crippen LogP contribution in [0.15, 0.2) is 36.5 Å². The number of allylic oxidation sites excluding steroid dienone is 5. The molecule has 0 aliphatic rings. The molecule has 424 valence electrons. The Bertz CT molecular complexity index is 1170. The molecule has 0 rings (SSSR count). The van der Waals surface area contributed by atoms with E-state index in [0.29, 0.717) is 19.4 Å². The van der Waals surface area contributed by atoms with E-state index in [1.54, 1.807) is 6.08 Å². The van der Waals surface area contributed by atoms with Crippen LogP contribution in [0.3, 0.4) is 0 Å². The van der Waals surface area contributed by atoms with Crippen molar-refractivity contribution in [3.8, 4) is 0 Å². The SMILES string of the molecule is CCCCCC/C=C\C/C=C\CCCCCCCCCC(=O)OCCCCCCCCCCCCCCCCCCCC(=O)NC(CO)C(O)/C=C/CCCCCCCCCCCCCCCCCCCC. The summed E-state index contributed by atoms with van der Waals surface area (Å²) in [6.45, 7) is 4.90. The minimum Gasteiger partial charge on any atom is -0.466 e. The molecule has 6 heteroatoms. The van der Waals surface area contributed by atoms with Crippen molar-refractivity contribution in [3.05, 3.63) is 36.5 Å². The van der Waals surface area contributed by atoms with Gasteiger partial charge >= 0.3 is 5.97 Å². The predicted octanol–water partition coefficient (Wildman–Crippen LogP) is 20.4. The van der Waals surface area contributed by atoms with Crippen molar-refractivity contribution in [2.75, 3.05) is 13.2 Å². The third-order valence-corrected chi connectivity index (χ3v) is 14.9. The molecule has 0 saturated heterocycles. The number of rotatable bonds is 60. The second-order valence-corrected chi connectivity index (χ2v) is 22.1. The zero-order chi connectivity index (χ0) is 52.2. The summed E-state index contributed by atoms with van der Waals surface area (Å²) in [5, 5.41) is 23.2. The number of hydrogen-bond acceptors (Lipinski definition) is 5. The Hall–Kier alpha value is -1.92. The number of aliphatic hydroxyl groups excluding tert-OH is 2. The van der Waals surface area contributed by atoms with Crippen LogP contribution < -0.4 is 5.32 Å². The van der Waals surface area contributed by atoms with Gasteiger partial charge in [-0.05, 0) is 64.2 Å². The first-order chi connectivity index (χ1) is 35.5. The van der Waals surface area contributed by atoms with E-state index in [0.717, 1.165) is 51.4 Å². The summed E-state index contributed by atoms with van der Waals surface area (Å²) in [5.41, 5.74) is 0. The molecule has 0 heterocycles. The van der Waals surface area contributed by atoms with Crippen molar-refractivity contribution in [2.24, 2.45) is 0 Å². The summed E-state index contributed by atoms with van der Waals surface area (Å²) < 4.78 is 5.49. The van der Waals surface area contributed by atoms with Crippen LogP contribution in [0.5, 0.6) is 0 Å². The van der Waals surface area contributed by atoms with Gasteiger partial charge in [-0.3, -0.25) is 9.59 Å². The lowest BCUT2D eigenvalue weighted by Gasteiger charge is -2.20. The molecule has 0 saturated carbocycles. The fourth-order valence-corrected chi connectivity index (χ4v) is 9.96. The number of aliphatic hydroxyl groups is 2. The number of amides is 1. The van der Waals surface area contributed by atoms with Crippen LogP contribution in [-0.4, -0.2) is 47.4 Å². The molecule has 3 N–H and O–H groups in total. The third kappa shape index (κ3) is 57.4. The highest BCUT2D eigenvalue weighted by Gasteiger charge is 2.18. The van der Waals surface area contributed by atoms with Crippen LogP contribution >= 0.6 is 0 Å².